The molecule has 0 aliphatic heterocycles. The fourth-order valence-electron chi connectivity index (χ4n) is 0.753. The molecule has 1 unspecified atom stereocenters. The van der Waals surface area contributed by atoms with Crippen molar-refractivity contribution in [2.75, 3.05) is 11.5 Å². The lowest BCUT2D eigenvalue weighted by molar-refractivity contribution is -0.140. The molecule has 0 heterocycles. The number of carboxylic acid groups (broad SMARTS) is 1. The van der Waals surface area contributed by atoms with Gasteiger partial charge in [0.05, 0.1) is 0 Å². The second-order valence-corrected chi connectivity index (χ2v) is 3.77. The van der Waals surface area contributed by atoms with E-state index < -0.39 is 12.0 Å². The summed E-state index contributed by atoms with van der Waals surface area (Å²) in [6.45, 7) is 1.27. The van der Waals surface area contributed by atoms with Crippen molar-refractivity contribution in [1.29, 1.82) is 0 Å². The van der Waals surface area contributed by atoms with E-state index in [0.717, 1.165) is 6.29 Å². The minimum absolute atomic E-state index is 0.281. The quantitative estimate of drug-likeness (QED) is 0.461. The fourth-order valence-corrected chi connectivity index (χ4v) is 1.64. The zero-order chi connectivity index (χ0) is 11.0. The second-order valence-electron chi connectivity index (χ2n) is 2.62. The van der Waals surface area contributed by atoms with Crippen LogP contribution in [0.4, 0.5) is 0 Å². The molecule has 0 aliphatic carbocycles. The van der Waals surface area contributed by atoms with Gasteiger partial charge in [0.2, 0.25) is 5.91 Å². The number of aldehydes is 1. The number of amides is 1. The van der Waals surface area contributed by atoms with Crippen molar-refractivity contribution < 1.29 is 19.5 Å². The molecular weight excluding hydrogens is 206 g/mol. The molecule has 0 aliphatic rings. The third kappa shape index (κ3) is 6.47. The maximum absolute atomic E-state index is 10.6. The van der Waals surface area contributed by atoms with Gasteiger partial charge in [-0.25, -0.2) is 4.79 Å². The first-order valence-electron chi connectivity index (χ1n) is 4.09. The van der Waals surface area contributed by atoms with Crippen LogP contribution in [0.1, 0.15) is 13.3 Å². The molecule has 80 valence electrons. The highest BCUT2D eigenvalue weighted by Gasteiger charge is 2.17. The van der Waals surface area contributed by atoms with E-state index in [4.69, 9.17) is 5.11 Å². The zero-order valence-electron chi connectivity index (χ0n) is 7.86. The van der Waals surface area contributed by atoms with Crippen LogP contribution in [-0.4, -0.2) is 40.8 Å². The molecule has 1 atom stereocenters. The summed E-state index contributed by atoms with van der Waals surface area (Å²) in [6.07, 6.45) is 1.18. The lowest BCUT2D eigenvalue weighted by atomic mass is 10.3. The predicted octanol–water partition coefficient (Wildman–Crippen LogP) is -0.102. The van der Waals surface area contributed by atoms with Crippen molar-refractivity contribution >= 4 is 29.9 Å². The van der Waals surface area contributed by atoms with Gasteiger partial charge in [-0.3, -0.25) is 4.79 Å². The monoisotopic (exact) mass is 219 g/mol. The standard InChI is InChI=1S/C8H13NO4S/c1-6(11)9-7(8(12)13)5-14-4-2-3-10/h3,7H,2,4-5H2,1H3,(H,9,11)(H,12,13). The number of carbonyl (C=O) groups is 3. The number of aliphatic carboxylic acids is 1. The molecule has 0 aromatic rings. The van der Waals surface area contributed by atoms with E-state index in [1.165, 1.54) is 18.7 Å². The summed E-state index contributed by atoms with van der Waals surface area (Å²) in [7, 11) is 0. The number of hydrogen-bond donors (Lipinski definition) is 2. The Morgan fingerprint density at radius 3 is 2.64 bits per heavy atom. The summed E-state index contributed by atoms with van der Waals surface area (Å²) in [4.78, 5) is 31.2. The summed E-state index contributed by atoms with van der Waals surface area (Å²) in [5.74, 6) is -0.567. The molecule has 0 rings (SSSR count). The van der Waals surface area contributed by atoms with E-state index in [0.29, 0.717) is 12.2 Å². The molecule has 0 radical (unpaired) electrons. The highest BCUT2D eigenvalue weighted by atomic mass is 32.2. The highest BCUT2D eigenvalue weighted by Crippen LogP contribution is 2.04. The van der Waals surface area contributed by atoms with Gasteiger partial charge in [0.1, 0.15) is 12.3 Å². The van der Waals surface area contributed by atoms with Crippen LogP contribution in [0.2, 0.25) is 0 Å². The Kier molecular flexibility index (Phi) is 6.82. The first-order chi connectivity index (χ1) is 6.57. The lowest BCUT2D eigenvalue weighted by Crippen LogP contribution is -2.41. The topological polar surface area (TPSA) is 83.5 Å². The SMILES string of the molecule is CC(=O)NC(CSCCC=O)C(=O)O. The van der Waals surface area contributed by atoms with E-state index in [2.05, 4.69) is 5.32 Å². The maximum Gasteiger partial charge on any atom is 0.327 e. The molecule has 1 amide bonds. The van der Waals surface area contributed by atoms with Crippen molar-refractivity contribution in [2.24, 2.45) is 0 Å². The van der Waals surface area contributed by atoms with Gasteiger partial charge in [0.15, 0.2) is 0 Å². The number of carbonyl (C=O) groups excluding carboxylic acids is 2. The van der Waals surface area contributed by atoms with E-state index >= 15 is 0 Å². The Morgan fingerprint density at radius 1 is 1.57 bits per heavy atom. The average molecular weight is 219 g/mol. The molecule has 14 heavy (non-hydrogen) atoms. The third-order valence-electron chi connectivity index (χ3n) is 1.34. The van der Waals surface area contributed by atoms with Crippen LogP contribution in [0, 0.1) is 0 Å². The van der Waals surface area contributed by atoms with Crippen molar-refractivity contribution in [1.82, 2.24) is 5.32 Å². The second kappa shape index (κ2) is 7.37. The molecule has 0 saturated heterocycles. The van der Waals surface area contributed by atoms with Crippen molar-refractivity contribution in [3.05, 3.63) is 0 Å². The molecule has 5 nitrogen and oxygen atoms in total. The minimum Gasteiger partial charge on any atom is -0.480 e. The van der Waals surface area contributed by atoms with Crippen LogP contribution in [-0.2, 0) is 14.4 Å². The summed E-state index contributed by atoms with van der Waals surface area (Å²) in [5.41, 5.74) is 0. The molecule has 0 aromatic carbocycles. The third-order valence-corrected chi connectivity index (χ3v) is 2.43. The summed E-state index contributed by atoms with van der Waals surface area (Å²) in [6, 6.07) is -0.871. The van der Waals surface area contributed by atoms with Gasteiger partial charge in [-0.15, -0.1) is 0 Å². The number of carboxylic acids is 1. The summed E-state index contributed by atoms with van der Waals surface area (Å²) >= 11 is 1.33. The average Bonchev–Trinajstić information content (AvgIpc) is 2.09. The molecule has 0 aromatic heterocycles. The zero-order valence-corrected chi connectivity index (χ0v) is 8.67. The highest BCUT2D eigenvalue weighted by molar-refractivity contribution is 7.99. The predicted molar refractivity (Wildman–Crippen MR) is 53.2 cm³/mol. The largest absolute Gasteiger partial charge is 0.480 e. The maximum atomic E-state index is 10.6. The van der Waals surface area contributed by atoms with Gasteiger partial charge < -0.3 is 15.2 Å². The molecule has 0 bridgehead atoms. The minimum atomic E-state index is -1.06. The molecule has 6 heteroatoms. The molecule has 0 spiro atoms. The number of rotatable bonds is 7. The number of nitrogens with one attached hydrogen (secondary N) is 1. The Labute approximate surface area is 86.2 Å². The van der Waals surface area contributed by atoms with Gasteiger partial charge in [-0.2, -0.15) is 11.8 Å². The fraction of sp³-hybridized carbons (Fsp3) is 0.625. The Morgan fingerprint density at radius 2 is 2.21 bits per heavy atom. The first-order valence-corrected chi connectivity index (χ1v) is 5.24. The van der Waals surface area contributed by atoms with Crippen LogP contribution in [0.15, 0.2) is 0 Å². The van der Waals surface area contributed by atoms with E-state index in [1.807, 2.05) is 0 Å². The van der Waals surface area contributed by atoms with Crippen molar-refractivity contribution in [3.8, 4) is 0 Å². The Hall–Kier alpha value is -1.04. The summed E-state index contributed by atoms with van der Waals surface area (Å²) < 4.78 is 0. The lowest BCUT2D eigenvalue weighted by Gasteiger charge is -2.11. The van der Waals surface area contributed by atoms with Crippen LogP contribution in [0.3, 0.4) is 0 Å². The molecular formula is C8H13NO4S. The van der Waals surface area contributed by atoms with Crippen LogP contribution in [0.5, 0.6) is 0 Å². The first kappa shape index (κ1) is 13.0. The van der Waals surface area contributed by atoms with Crippen molar-refractivity contribution in [2.45, 2.75) is 19.4 Å². The smallest absolute Gasteiger partial charge is 0.327 e. The van der Waals surface area contributed by atoms with Gasteiger partial charge >= 0.3 is 5.97 Å². The van der Waals surface area contributed by atoms with Gasteiger partial charge in [-0.05, 0) is 5.75 Å². The molecule has 2 N–H and O–H groups in total. The van der Waals surface area contributed by atoms with Gasteiger partial charge in [-0.1, -0.05) is 0 Å². The van der Waals surface area contributed by atoms with Gasteiger partial charge in [0, 0.05) is 19.1 Å². The summed E-state index contributed by atoms with van der Waals surface area (Å²) in [5, 5.41) is 11.0. The van der Waals surface area contributed by atoms with E-state index in [1.54, 1.807) is 0 Å². The van der Waals surface area contributed by atoms with Crippen LogP contribution in [0.25, 0.3) is 0 Å². The molecule has 0 saturated carbocycles. The molecule has 0 fully saturated rings. The van der Waals surface area contributed by atoms with Crippen molar-refractivity contribution in [3.63, 3.8) is 0 Å². The normalized spacial score (nSPS) is 11.8. The van der Waals surface area contributed by atoms with E-state index in [9.17, 15) is 14.4 Å². The number of hydrogen-bond acceptors (Lipinski definition) is 4. The van der Waals surface area contributed by atoms with E-state index in [-0.39, 0.29) is 11.7 Å². The van der Waals surface area contributed by atoms with Crippen LogP contribution < -0.4 is 5.32 Å². The van der Waals surface area contributed by atoms with Gasteiger partial charge in [0.25, 0.3) is 0 Å². The van der Waals surface area contributed by atoms with Crippen LogP contribution >= 0.6 is 11.8 Å². The number of thioether (sulfide) groups is 1. The Bertz CT molecular complexity index is 219. The Balaban J connectivity index is 3.79.